The summed E-state index contributed by atoms with van der Waals surface area (Å²) in [6.45, 7) is 1.12. The summed E-state index contributed by atoms with van der Waals surface area (Å²) >= 11 is 0. The van der Waals surface area contributed by atoms with E-state index in [1.807, 2.05) is 18.2 Å². The third kappa shape index (κ3) is 4.38. The van der Waals surface area contributed by atoms with Crippen LogP contribution < -0.4 is 0 Å². The Labute approximate surface area is 148 Å². The van der Waals surface area contributed by atoms with Gasteiger partial charge in [-0.3, -0.25) is 4.99 Å². The molecule has 0 spiro atoms. The number of aliphatic imine (C=N–C) groups is 1. The van der Waals surface area contributed by atoms with Crippen LogP contribution in [0.2, 0.25) is 0 Å². The van der Waals surface area contributed by atoms with Crippen LogP contribution in [0.15, 0.2) is 41.4 Å². The molecule has 1 saturated carbocycles. The molecule has 1 heterocycles. The molecular formula is C21H25NO3. The van der Waals surface area contributed by atoms with Gasteiger partial charge in [0.15, 0.2) is 0 Å². The van der Waals surface area contributed by atoms with Gasteiger partial charge in [0.05, 0.1) is 0 Å². The number of carboxylic acid groups (broad SMARTS) is 1. The van der Waals surface area contributed by atoms with Crippen molar-refractivity contribution in [3.8, 4) is 5.75 Å². The highest BCUT2D eigenvalue weighted by Crippen LogP contribution is 2.27. The van der Waals surface area contributed by atoms with Gasteiger partial charge in [0.25, 0.3) is 0 Å². The molecule has 2 aromatic carbocycles. The predicted molar refractivity (Wildman–Crippen MR) is 101 cm³/mol. The Morgan fingerprint density at radius 1 is 1.00 bits per heavy atom. The monoisotopic (exact) mass is 339 g/mol. The van der Waals surface area contributed by atoms with Crippen LogP contribution in [0.1, 0.15) is 55.3 Å². The van der Waals surface area contributed by atoms with E-state index in [1.54, 1.807) is 11.8 Å². The van der Waals surface area contributed by atoms with Gasteiger partial charge in [-0.1, -0.05) is 37.1 Å². The number of aromatic carboxylic acids is 1. The highest BCUT2D eigenvalue weighted by atomic mass is 16.4. The number of nitrogens with zero attached hydrogens (tertiary/aromatic N) is 1. The van der Waals surface area contributed by atoms with Gasteiger partial charge in [0.2, 0.25) is 0 Å². The van der Waals surface area contributed by atoms with Crippen LogP contribution in [0.3, 0.4) is 0 Å². The number of hydrogen-bond acceptors (Lipinski definition) is 3. The average molecular weight is 339 g/mol. The van der Waals surface area contributed by atoms with Crippen molar-refractivity contribution in [3.05, 3.63) is 42.0 Å². The minimum Gasteiger partial charge on any atom is -0.507 e. The molecule has 1 fully saturated rings. The van der Waals surface area contributed by atoms with E-state index in [0.29, 0.717) is 0 Å². The van der Waals surface area contributed by atoms with Crippen LogP contribution in [-0.2, 0) is 0 Å². The zero-order valence-electron chi connectivity index (χ0n) is 14.4. The largest absolute Gasteiger partial charge is 0.507 e. The third-order valence-electron chi connectivity index (χ3n) is 5.08. The number of carboxylic acids is 1. The minimum absolute atomic E-state index is 0.0660. The molecule has 25 heavy (non-hydrogen) atoms. The van der Waals surface area contributed by atoms with E-state index < -0.39 is 5.97 Å². The molecule has 0 aromatic heterocycles. The van der Waals surface area contributed by atoms with E-state index in [9.17, 15) is 9.90 Å². The van der Waals surface area contributed by atoms with Gasteiger partial charge in [-0.05, 0) is 60.9 Å². The fourth-order valence-electron chi connectivity index (χ4n) is 3.72. The van der Waals surface area contributed by atoms with Crippen LogP contribution in [-0.4, -0.2) is 28.4 Å². The molecule has 1 aliphatic heterocycles. The number of phenols is 1. The summed E-state index contributed by atoms with van der Waals surface area (Å²) in [5, 5.41) is 19.8. The Hall–Kier alpha value is -2.36. The van der Waals surface area contributed by atoms with Crippen molar-refractivity contribution in [2.75, 3.05) is 6.54 Å². The van der Waals surface area contributed by atoms with E-state index in [1.165, 1.54) is 57.1 Å². The molecule has 4 nitrogen and oxygen atoms in total. The highest BCUT2D eigenvalue weighted by molar-refractivity contribution is 5.97. The van der Waals surface area contributed by atoms with Crippen LogP contribution in [0.4, 0.5) is 0 Å². The Morgan fingerprint density at radius 3 is 2.48 bits per heavy atom. The number of benzene rings is 2. The minimum atomic E-state index is -1.12. The van der Waals surface area contributed by atoms with Gasteiger partial charge < -0.3 is 10.2 Å². The zero-order chi connectivity index (χ0) is 17.6. The van der Waals surface area contributed by atoms with E-state index in [-0.39, 0.29) is 11.3 Å². The maximum Gasteiger partial charge on any atom is 0.339 e. The summed E-state index contributed by atoms with van der Waals surface area (Å²) in [7, 11) is 0. The predicted octanol–water partition coefficient (Wildman–Crippen LogP) is 5.05. The molecule has 2 aromatic rings. The van der Waals surface area contributed by atoms with Gasteiger partial charge in [-0.25, -0.2) is 4.79 Å². The summed E-state index contributed by atoms with van der Waals surface area (Å²) in [4.78, 5) is 15.3. The number of fused-ring (bicyclic) bond motifs is 2. The molecule has 0 radical (unpaired) electrons. The lowest BCUT2D eigenvalue weighted by atomic mass is 9.91. The summed E-state index contributed by atoms with van der Waals surface area (Å²) < 4.78 is 0. The van der Waals surface area contributed by atoms with Crippen molar-refractivity contribution in [1.82, 2.24) is 0 Å². The smallest absolute Gasteiger partial charge is 0.339 e. The molecule has 4 heteroatoms. The number of hydrogen-bond donors (Lipinski definition) is 2. The first-order chi connectivity index (χ1) is 12.1. The maximum atomic E-state index is 10.7. The lowest BCUT2D eigenvalue weighted by molar-refractivity contribution is 0.0694. The van der Waals surface area contributed by atoms with Crippen molar-refractivity contribution in [2.24, 2.45) is 10.9 Å². The first-order valence-electron chi connectivity index (χ1n) is 9.13. The van der Waals surface area contributed by atoms with E-state index >= 15 is 0 Å². The molecule has 0 saturated heterocycles. The zero-order valence-corrected chi connectivity index (χ0v) is 14.4. The molecule has 0 amide bonds. The Morgan fingerprint density at radius 2 is 1.72 bits per heavy atom. The molecule has 1 atom stereocenters. The van der Waals surface area contributed by atoms with E-state index in [4.69, 9.17) is 5.11 Å². The SMILES string of the molecule is C1CCC2=NCCCC2CC1.O=C(O)c1cc2ccccc2cc1O. The molecule has 2 N–H and O–H groups in total. The Bertz CT molecular complexity index is 782. The molecule has 132 valence electrons. The maximum absolute atomic E-state index is 10.7. The van der Waals surface area contributed by atoms with Crippen molar-refractivity contribution in [1.29, 1.82) is 0 Å². The molecule has 0 bridgehead atoms. The van der Waals surface area contributed by atoms with Crippen LogP contribution in [0, 0.1) is 5.92 Å². The van der Waals surface area contributed by atoms with Gasteiger partial charge in [0.1, 0.15) is 11.3 Å². The lowest BCUT2D eigenvalue weighted by Gasteiger charge is -2.20. The number of rotatable bonds is 1. The van der Waals surface area contributed by atoms with E-state index in [2.05, 4.69) is 4.99 Å². The summed E-state index contributed by atoms with van der Waals surface area (Å²) in [6, 6.07) is 10.2. The van der Waals surface area contributed by atoms with Crippen LogP contribution in [0.25, 0.3) is 10.8 Å². The highest BCUT2D eigenvalue weighted by Gasteiger charge is 2.20. The van der Waals surface area contributed by atoms with Crippen molar-refractivity contribution >= 4 is 22.5 Å². The normalized spacial score (nSPS) is 19.8. The third-order valence-corrected chi connectivity index (χ3v) is 5.08. The quantitative estimate of drug-likeness (QED) is 0.764. The fraction of sp³-hybridized carbons (Fsp3) is 0.429. The summed E-state index contributed by atoms with van der Waals surface area (Å²) in [5.74, 6) is -0.421. The second kappa shape index (κ2) is 8.15. The topological polar surface area (TPSA) is 69.9 Å². The number of carbonyl (C=O) groups is 1. The molecule has 2 aliphatic rings. The second-order valence-electron chi connectivity index (χ2n) is 6.83. The average Bonchev–Trinajstić information content (AvgIpc) is 2.87. The van der Waals surface area contributed by atoms with Gasteiger partial charge in [-0.2, -0.15) is 0 Å². The van der Waals surface area contributed by atoms with Gasteiger partial charge >= 0.3 is 5.97 Å². The first kappa shape index (κ1) is 17.5. The van der Waals surface area contributed by atoms with Crippen LogP contribution in [0.5, 0.6) is 5.75 Å². The number of aromatic hydroxyl groups is 1. The summed E-state index contributed by atoms with van der Waals surface area (Å²) in [5.41, 5.74) is 1.50. The molecule has 1 aliphatic carbocycles. The standard InChI is InChI=1S/C11H8O3.C10H17N/c12-10-6-8-4-2-1-3-7(8)5-9(10)11(13)14;1-2-5-9-6-4-8-11-10(9)7-3-1/h1-6,12H,(H,13,14);9H,1-8H2. The summed E-state index contributed by atoms with van der Waals surface area (Å²) in [6.07, 6.45) is 9.80. The second-order valence-corrected chi connectivity index (χ2v) is 6.83. The molecular weight excluding hydrogens is 314 g/mol. The van der Waals surface area contributed by atoms with Crippen LogP contribution >= 0.6 is 0 Å². The lowest BCUT2D eigenvalue weighted by Crippen LogP contribution is -2.17. The molecule has 1 unspecified atom stereocenters. The van der Waals surface area contributed by atoms with E-state index in [0.717, 1.165) is 23.2 Å². The molecule has 4 rings (SSSR count). The van der Waals surface area contributed by atoms with Crippen molar-refractivity contribution in [2.45, 2.75) is 44.9 Å². The Balaban J connectivity index is 0.000000150. The first-order valence-corrected chi connectivity index (χ1v) is 9.13. The fourth-order valence-corrected chi connectivity index (χ4v) is 3.72. The van der Waals surface area contributed by atoms with Gasteiger partial charge in [0, 0.05) is 12.3 Å². The van der Waals surface area contributed by atoms with Gasteiger partial charge in [-0.15, -0.1) is 0 Å². The van der Waals surface area contributed by atoms with Crippen molar-refractivity contribution in [3.63, 3.8) is 0 Å². The van der Waals surface area contributed by atoms with Crippen molar-refractivity contribution < 1.29 is 15.0 Å². The Kier molecular flexibility index (Phi) is 5.69.